The molecule has 0 aliphatic carbocycles. The van der Waals surface area contributed by atoms with Gasteiger partial charge in [0.1, 0.15) is 5.75 Å². The lowest BCUT2D eigenvalue weighted by atomic mass is 10.0. The summed E-state index contributed by atoms with van der Waals surface area (Å²) in [6.45, 7) is 9.49. The smallest absolute Gasteiger partial charge is 0.121 e. The maximum Gasteiger partial charge on any atom is 0.121 e. The van der Waals surface area contributed by atoms with Crippen molar-refractivity contribution in [3.8, 4) is 5.75 Å². The number of aromatic hydroxyl groups is 1. The molecule has 1 unspecified atom stereocenters. The lowest BCUT2D eigenvalue weighted by Gasteiger charge is -2.23. The molecule has 0 spiro atoms. The predicted octanol–water partition coefficient (Wildman–Crippen LogP) is 2.35. The van der Waals surface area contributed by atoms with E-state index in [0.717, 1.165) is 5.56 Å². The number of hydrogen-bond donors (Lipinski definition) is 3. The molecule has 0 saturated heterocycles. The van der Waals surface area contributed by atoms with Crippen LogP contribution in [0.2, 0.25) is 0 Å². The number of phenols is 1. The van der Waals surface area contributed by atoms with E-state index in [1.54, 1.807) is 18.2 Å². The molecular weight excluding hydrogens is 242 g/mol. The van der Waals surface area contributed by atoms with Crippen molar-refractivity contribution < 1.29 is 14.9 Å². The van der Waals surface area contributed by atoms with Crippen molar-refractivity contribution in [1.29, 1.82) is 0 Å². The van der Waals surface area contributed by atoms with Crippen LogP contribution in [0, 0.1) is 0 Å². The van der Waals surface area contributed by atoms with E-state index in [9.17, 15) is 10.2 Å². The van der Waals surface area contributed by atoms with E-state index in [-0.39, 0.29) is 11.3 Å². The van der Waals surface area contributed by atoms with Crippen LogP contribution in [0.5, 0.6) is 5.75 Å². The average molecular weight is 267 g/mol. The SMILES string of the molecule is CCOCc1cc(C(O)CNC(C)(C)C)ccc1O. The van der Waals surface area contributed by atoms with Crippen LogP contribution >= 0.6 is 0 Å². The van der Waals surface area contributed by atoms with E-state index in [2.05, 4.69) is 26.1 Å². The Kier molecular flexibility index (Phi) is 5.79. The third-order valence-corrected chi connectivity index (χ3v) is 2.78. The standard InChI is InChI=1S/C15H25NO3/c1-5-19-10-12-8-11(6-7-13(12)17)14(18)9-16-15(2,3)4/h6-8,14,16-18H,5,9-10H2,1-4H3. The first-order valence-electron chi connectivity index (χ1n) is 6.66. The normalized spacial score (nSPS) is 13.5. The fourth-order valence-electron chi connectivity index (χ4n) is 1.66. The number of aliphatic hydroxyl groups is 1. The molecule has 0 amide bonds. The second-order valence-electron chi connectivity index (χ2n) is 5.67. The van der Waals surface area contributed by atoms with Gasteiger partial charge < -0.3 is 20.3 Å². The van der Waals surface area contributed by atoms with Gasteiger partial charge in [-0.25, -0.2) is 0 Å². The lowest BCUT2D eigenvalue weighted by molar-refractivity contribution is 0.131. The van der Waals surface area contributed by atoms with Gasteiger partial charge in [0.05, 0.1) is 12.7 Å². The van der Waals surface area contributed by atoms with Crippen LogP contribution < -0.4 is 5.32 Å². The van der Waals surface area contributed by atoms with Gasteiger partial charge in [0, 0.05) is 24.3 Å². The van der Waals surface area contributed by atoms with Gasteiger partial charge in [0.15, 0.2) is 0 Å². The van der Waals surface area contributed by atoms with Gasteiger partial charge in [-0.3, -0.25) is 0 Å². The van der Waals surface area contributed by atoms with Crippen molar-refractivity contribution in [1.82, 2.24) is 5.32 Å². The summed E-state index contributed by atoms with van der Waals surface area (Å²) in [7, 11) is 0. The van der Waals surface area contributed by atoms with Crippen molar-refractivity contribution >= 4 is 0 Å². The topological polar surface area (TPSA) is 61.7 Å². The van der Waals surface area contributed by atoms with Crippen molar-refractivity contribution in [2.45, 2.75) is 45.9 Å². The molecule has 4 nitrogen and oxygen atoms in total. The highest BCUT2D eigenvalue weighted by atomic mass is 16.5. The second kappa shape index (κ2) is 6.89. The molecule has 3 N–H and O–H groups in total. The van der Waals surface area contributed by atoms with Crippen LogP contribution in [0.25, 0.3) is 0 Å². The molecule has 0 aliphatic rings. The number of nitrogens with one attached hydrogen (secondary N) is 1. The Bertz CT molecular complexity index is 399. The molecule has 1 rings (SSSR count). The summed E-state index contributed by atoms with van der Waals surface area (Å²) >= 11 is 0. The molecule has 0 heterocycles. The number of β-amino-alcohol motifs (C(OH)–C–C–N with tert-alkyl or cyclic N) is 1. The first-order chi connectivity index (χ1) is 8.83. The highest BCUT2D eigenvalue weighted by molar-refractivity contribution is 5.36. The summed E-state index contributed by atoms with van der Waals surface area (Å²) in [5, 5.41) is 23.1. The molecule has 0 bridgehead atoms. The van der Waals surface area contributed by atoms with Gasteiger partial charge >= 0.3 is 0 Å². The largest absolute Gasteiger partial charge is 0.508 e. The molecule has 19 heavy (non-hydrogen) atoms. The fraction of sp³-hybridized carbons (Fsp3) is 0.600. The zero-order chi connectivity index (χ0) is 14.5. The summed E-state index contributed by atoms with van der Waals surface area (Å²) in [6.07, 6.45) is -0.597. The van der Waals surface area contributed by atoms with E-state index < -0.39 is 6.10 Å². The summed E-state index contributed by atoms with van der Waals surface area (Å²) < 4.78 is 5.29. The molecule has 1 atom stereocenters. The lowest BCUT2D eigenvalue weighted by Crippen LogP contribution is -2.38. The molecule has 0 fully saturated rings. The molecule has 0 aliphatic heterocycles. The zero-order valence-corrected chi connectivity index (χ0v) is 12.2. The first-order valence-corrected chi connectivity index (χ1v) is 6.66. The van der Waals surface area contributed by atoms with E-state index >= 15 is 0 Å². The average Bonchev–Trinajstić information content (AvgIpc) is 2.34. The molecule has 1 aromatic carbocycles. The Morgan fingerprint density at radius 3 is 2.58 bits per heavy atom. The minimum atomic E-state index is -0.597. The molecule has 0 aromatic heterocycles. The summed E-state index contributed by atoms with van der Waals surface area (Å²) in [5.74, 6) is 0.202. The Morgan fingerprint density at radius 2 is 2.00 bits per heavy atom. The van der Waals surface area contributed by atoms with Gasteiger partial charge in [-0.1, -0.05) is 6.07 Å². The van der Waals surface area contributed by atoms with E-state index in [4.69, 9.17) is 4.74 Å². The number of ether oxygens (including phenoxy) is 1. The maximum atomic E-state index is 10.1. The van der Waals surface area contributed by atoms with E-state index in [1.165, 1.54) is 0 Å². The Balaban J connectivity index is 2.71. The van der Waals surface area contributed by atoms with Gasteiger partial charge in [-0.2, -0.15) is 0 Å². The number of phenolic OH excluding ortho intramolecular Hbond substituents is 1. The van der Waals surface area contributed by atoms with Crippen LogP contribution in [0.3, 0.4) is 0 Å². The van der Waals surface area contributed by atoms with E-state index in [1.807, 2.05) is 6.92 Å². The number of hydrogen-bond acceptors (Lipinski definition) is 4. The van der Waals surface area contributed by atoms with Crippen molar-refractivity contribution in [2.75, 3.05) is 13.2 Å². The highest BCUT2D eigenvalue weighted by Gasteiger charge is 2.14. The minimum Gasteiger partial charge on any atom is -0.508 e. The molecule has 108 valence electrons. The van der Waals surface area contributed by atoms with Crippen LogP contribution in [0.1, 0.15) is 44.9 Å². The number of benzene rings is 1. The third-order valence-electron chi connectivity index (χ3n) is 2.78. The van der Waals surface area contributed by atoms with Crippen molar-refractivity contribution in [3.63, 3.8) is 0 Å². The van der Waals surface area contributed by atoms with Crippen LogP contribution in [0.15, 0.2) is 18.2 Å². The summed E-state index contributed by atoms with van der Waals surface area (Å²) in [4.78, 5) is 0. The van der Waals surface area contributed by atoms with Crippen molar-refractivity contribution in [2.24, 2.45) is 0 Å². The highest BCUT2D eigenvalue weighted by Crippen LogP contribution is 2.23. The molecular formula is C15H25NO3. The predicted molar refractivity (Wildman–Crippen MR) is 76.2 cm³/mol. The van der Waals surface area contributed by atoms with Gasteiger partial charge in [-0.05, 0) is 45.4 Å². The van der Waals surface area contributed by atoms with Gasteiger partial charge in [-0.15, -0.1) is 0 Å². The monoisotopic (exact) mass is 267 g/mol. The number of rotatable bonds is 6. The Hall–Kier alpha value is -1.10. The minimum absolute atomic E-state index is 0.0357. The van der Waals surface area contributed by atoms with E-state index in [0.29, 0.717) is 25.3 Å². The van der Waals surface area contributed by atoms with Crippen molar-refractivity contribution in [3.05, 3.63) is 29.3 Å². The summed E-state index contributed by atoms with van der Waals surface area (Å²) in [5.41, 5.74) is 1.45. The van der Waals surface area contributed by atoms with Gasteiger partial charge in [0.2, 0.25) is 0 Å². The molecule has 4 heteroatoms. The fourth-order valence-corrected chi connectivity index (χ4v) is 1.66. The zero-order valence-electron chi connectivity index (χ0n) is 12.2. The van der Waals surface area contributed by atoms with Crippen LogP contribution in [-0.4, -0.2) is 28.9 Å². The maximum absolute atomic E-state index is 10.1. The first kappa shape index (κ1) is 16.0. The number of aliphatic hydroxyl groups excluding tert-OH is 1. The van der Waals surface area contributed by atoms with Crippen LogP contribution in [-0.2, 0) is 11.3 Å². The summed E-state index contributed by atoms with van der Waals surface area (Å²) in [6, 6.07) is 5.13. The third kappa shape index (κ3) is 5.59. The Morgan fingerprint density at radius 1 is 1.32 bits per heavy atom. The van der Waals surface area contributed by atoms with Gasteiger partial charge in [0.25, 0.3) is 0 Å². The molecule has 1 aromatic rings. The second-order valence-corrected chi connectivity index (χ2v) is 5.67. The Labute approximate surface area is 115 Å². The van der Waals surface area contributed by atoms with Crippen LogP contribution in [0.4, 0.5) is 0 Å². The molecule has 0 radical (unpaired) electrons. The quantitative estimate of drug-likeness (QED) is 0.740. The molecule has 0 saturated carbocycles.